The van der Waals surface area contributed by atoms with Crippen molar-refractivity contribution in [2.24, 2.45) is 5.92 Å². The zero-order valence-electron chi connectivity index (χ0n) is 15.0. The zero-order valence-corrected chi connectivity index (χ0v) is 15.0. The summed E-state index contributed by atoms with van der Waals surface area (Å²) in [4.78, 5) is 36.4. The molecule has 2 aromatic carbocycles. The molecule has 1 aromatic heterocycles. The molecule has 2 amide bonds. The first-order valence-electron chi connectivity index (χ1n) is 8.98. The van der Waals surface area contributed by atoms with E-state index in [2.05, 4.69) is 15.7 Å². The van der Waals surface area contributed by atoms with Crippen molar-refractivity contribution in [2.75, 3.05) is 10.6 Å². The maximum absolute atomic E-state index is 12.5. The van der Waals surface area contributed by atoms with Crippen LogP contribution in [0.3, 0.4) is 0 Å². The van der Waals surface area contributed by atoms with Crippen LogP contribution in [0.4, 0.5) is 11.4 Å². The van der Waals surface area contributed by atoms with E-state index in [1.165, 1.54) is 16.8 Å². The minimum atomic E-state index is -0.431. The third-order valence-electron chi connectivity index (χ3n) is 4.39. The van der Waals surface area contributed by atoms with Crippen molar-refractivity contribution in [3.8, 4) is 5.69 Å². The Morgan fingerprint density at radius 2 is 1.50 bits per heavy atom. The fraction of sp³-hybridized carbons (Fsp3) is 0.143. The average Bonchev–Trinajstić information content (AvgIpc) is 3.56. The highest BCUT2D eigenvalue weighted by Crippen LogP contribution is 2.30. The molecule has 140 valence electrons. The number of benzene rings is 2. The fourth-order valence-electron chi connectivity index (χ4n) is 2.71. The number of amides is 2. The van der Waals surface area contributed by atoms with Crippen molar-refractivity contribution in [2.45, 2.75) is 12.8 Å². The fourth-order valence-corrected chi connectivity index (χ4v) is 2.71. The summed E-state index contributed by atoms with van der Waals surface area (Å²) in [5, 5.41) is 9.75. The topological polar surface area (TPSA) is 93.1 Å². The van der Waals surface area contributed by atoms with Gasteiger partial charge < -0.3 is 10.6 Å². The molecule has 0 atom stereocenters. The highest BCUT2D eigenvalue weighted by atomic mass is 16.2. The number of nitrogens with zero attached hydrogens (tertiary/aromatic N) is 2. The first-order chi connectivity index (χ1) is 13.6. The Kier molecular flexibility index (Phi) is 4.72. The molecule has 0 saturated heterocycles. The SMILES string of the molecule is O=C(Nc1ccc(NC(=O)C2CC2)cc1)c1ccc(=O)n(-c2ccccc2)n1. The van der Waals surface area contributed by atoms with Gasteiger partial charge in [0.05, 0.1) is 5.69 Å². The normalized spacial score (nSPS) is 13.0. The molecule has 2 N–H and O–H groups in total. The van der Waals surface area contributed by atoms with Gasteiger partial charge in [0, 0.05) is 23.4 Å². The van der Waals surface area contributed by atoms with Crippen LogP contribution in [-0.4, -0.2) is 21.6 Å². The number of rotatable bonds is 5. The minimum absolute atomic E-state index is 0.0316. The van der Waals surface area contributed by atoms with Gasteiger partial charge in [0.2, 0.25) is 5.91 Å². The molecular weight excluding hydrogens is 356 g/mol. The Morgan fingerprint density at radius 1 is 0.857 bits per heavy atom. The van der Waals surface area contributed by atoms with E-state index in [0.29, 0.717) is 17.1 Å². The summed E-state index contributed by atoms with van der Waals surface area (Å²) in [6.45, 7) is 0. The molecular formula is C21H18N4O3. The lowest BCUT2D eigenvalue weighted by molar-refractivity contribution is -0.117. The molecule has 1 fully saturated rings. The van der Waals surface area contributed by atoms with E-state index in [-0.39, 0.29) is 23.1 Å². The van der Waals surface area contributed by atoms with Crippen LogP contribution in [-0.2, 0) is 4.79 Å². The number of para-hydroxylation sites is 1. The van der Waals surface area contributed by atoms with Gasteiger partial charge in [0.25, 0.3) is 11.5 Å². The first-order valence-corrected chi connectivity index (χ1v) is 8.98. The molecule has 0 spiro atoms. The summed E-state index contributed by atoms with van der Waals surface area (Å²) in [6.07, 6.45) is 1.89. The average molecular weight is 374 g/mol. The second-order valence-electron chi connectivity index (χ2n) is 6.60. The van der Waals surface area contributed by atoms with E-state index in [9.17, 15) is 14.4 Å². The van der Waals surface area contributed by atoms with Gasteiger partial charge in [-0.25, -0.2) is 0 Å². The van der Waals surface area contributed by atoms with E-state index >= 15 is 0 Å². The van der Waals surface area contributed by atoms with Gasteiger partial charge in [-0.2, -0.15) is 9.78 Å². The number of aromatic nitrogens is 2. The van der Waals surface area contributed by atoms with Crippen LogP contribution in [0, 0.1) is 5.92 Å². The summed E-state index contributed by atoms with van der Waals surface area (Å²) >= 11 is 0. The Bertz CT molecular complexity index is 1070. The van der Waals surface area contributed by atoms with Crippen LogP contribution in [0.15, 0.2) is 71.5 Å². The van der Waals surface area contributed by atoms with Crippen LogP contribution < -0.4 is 16.2 Å². The van der Waals surface area contributed by atoms with Crippen LogP contribution in [0.1, 0.15) is 23.3 Å². The van der Waals surface area contributed by atoms with Gasteiger partial charge in [-0.15, -0.1) is 0 Å². The number of hydrogen-bond acceptors (Lipinski definition) is 4. The van der Waals surface area contributed by atoms with Crippen molar-refractivity contribution in [3.63, 3.8) is 0 Å². The van der Waals surface area contributed by atoms with Crippen molar-refractivity contribution in [1.29, 1.82) is 0 Å². The molecule has 0 radical (unpaired) electrons. The second kappa shape index (κ2) is 7.48. The first kappa shape index (κ1) is 17.7. The molecule has 28 heavy (non-hydrogen) atoms. The highest BCUT2D eigenvalue weighted by molar-refractivity contribution is 6.03. The van der Waals surface area contributed by atoms with Gasteiger partial charge in [-0.1, -0.05) is 18.2 Å². The van der Waals surface area contributed by atoms with E-state index in [0.717, 1.165) is 12.8 Å². The molecule has 1 aliphatic carbocycles. The summed E-state index contributed by atoms with van der Waals surface area (Å²) in [5.41, 5.74) is 1.63. The number of hydrogen-bond donors (Lipinski definition) is 2. The molecule has 0 unspecified atom stereocenters. The van der Waals surface area contributed by atoms with Crippen molar-refractivity contribution in [1.82, 2.24) is 9.78 Å². The van der Waals surface area contributed by atoms with Crippen LogP contribution in [0.2, 0.25) is 0 Å². The van der Waals surface area contributed by atoms with Crippen LogP contribution in [0.25, 0.3) is 5.69 Å². The molecule has 4 rings (SSSR count). The minimum Gasteiger partial charge on any atom is -0.326 e. The van der Waals surface area contributed by atoms with Crippen molar-refractivity contribution < 1.29 is 9.59 Å². The summed E-state index contributed by atoms with van der Waals surface area (Å²) in [6, 6.07) is 18.5. The molecule has 0 aliphatic heterocycles. The molecule has 1 aliphatic rings. The lowest BCUT2D eigenvalue weighted by atomic mass is 10.2. The van der Waals surface area contributed by atoms with E-state index < -0.39 is 5.91 Å². The number of carbonyl (C=O) groups is 2. The predicted molar refractivity (Wildman–Crippen MR) is 106 cm³/mol. The van der Waals surface area contributed by atoms with Gasteiger partial charge in [-0.3, -0.25) is 14.4 Å². The largest absolute Gasteiger partial charge is 0.326 e. The Hall–Kier alpha value is -3.74. The smallest absolute Gasteiger partial charge is 0.276 e. The lowest BCUT2D eigenvalue weighted by Gasteiger charge is -2.09. The number of anilines is 2. The van der Waals surface area contributed by atoms with Gasteiger partial charge in [0.1, 0.15) is 5.69 Å². The van der Waals surface area contributed by atoms with Crippen LogP contribution >= 0.6 is 0 Å². The van der Waals surface area contributed by atoms with Gasteiger partial charge in [-0.05, 0) is 55.3 Å². The third kappa shape index (κ3) is 3.98. The van der Waals surface area contributed by atoms with Crippen LogP contribution in [0.5, 0.6) is 0 Å². The lowest BCUT2D eigenvalue weighted by Crippen LogP contribution is -2.24. The van der Waals surface area contributed by atoms with Gasteiger partial charge >= 0.3 is 0 Å². The predicted octanol–water partition coefficient (Wildman–Crippen LogP) is 2.83. The second-order valence-corrected chi connectivity index (χ2v) is 6.60. The van der Waals surface area contributed by atoms with Gasteiger partial charge in [0.15, 0.2) is 0 Å². The maximum Gasteiger partial charge on any atom is 0.276 e. The molecule has 7 nitrogen and oxygen atoms in total. The van der Waals surface area contributed by atoms with Crippen molar-refractivity contribution in [3.05, 3.63) is 82.8 Å². The molecule has 3 aromatic rings. The zero-order chi connectivity index (χ0) is 19.5. The molecule has 1 saturated carbocycles. The molecule has 1 heterocycles. The number of carbonyl (C=O) groups excluding carboxylic acids is 2. The van der Waals surface area contributed by atoms with E-state index in [4.69, 9.17) is 0 Å². The van der Waals surface area contributed by atoms with E-state index in [1.54, 1.807) is 48.5 Å². The Labute approximate surface area is 161 Å². The Balaban J connectivity index is 1.47. The van der Waals surface area contributed by atoms with Crippen molar-refractivity contribution >= 4 is 23.2 Å². The standard InChI is InChI=1S/C21H18N4O3/c26-19-13-12-18(24-25(19)17-4-2-1-3-5-17)21(28)23-16-10-8-15(9-11-16)22-20(27)14-6-7-14/h1-5,8-14H,6-7H2,(H,22,27)(H,23,28). The highest BCUT2D eigenvalue weighted by Gasteiger charge is 2.29. The summed E-state index contributed by atoms with van der Waals surface area (Å²) in [5.74, 6) is -0.269. The van der Waals surface area contributed by atoms with E-state index in [1.807, 2.05) is 6.07 Å². The number of nitrogens with one attached hydrogen (secondary N) is 2. The Morgan fingerprint density at radius 3 is 2.14 bits per heavy atom. The maximum atomic E-state index is 12.5. The summed E-state index contributed by atoms with van der Waals surface area (Å²) < 4.78 is 1.19. The molecule has 7 heteroatoms. The monoisotopic (exact) mass is 374 g/mol. The molecule has 0 bridgehead atoms. The third-order valence-corrected chi connectivity index (χ3v) is 4.39. The summed E-state index contributed by atoms with van der Waals surface area (Å²) in [7, 11) is 0. The quantitative estimate of drug-likeness (QED) is 0.718.